The highest BCUT2D eigenvalue weighted by Crippen LogP contribution is 2.40. The fourth-order valence-corrected chi connectivity index (χ4v) is 4.60. The summed E-state index contributed by atoms with van der Waals surface area (Å²) in [6, 6.07) is 5.83. The molecule has 0 saturated heterocycles. The fraction of sp³-hybridized carbons (Fsp3) is 0.0323. The molecule has 0 aliphatic rings. The van der Waals surface area contributed by atoms with Gasteiger partial charge in [-0.25, -0.2) is 48.3 Å². The first-order valence-corrected chi connectivity index (χ1v) is 12.7. The molecule has 3 aromatic carbocycles. The predicted octanol–water partition coefficient (Wildman–Crippen LogP) is 8.00. The molecule has 0 radical (unpaired) electrons. The second-order valence-electron chi connectivity index (χ2n) is 9.07. The molecular formula is C31H5F11N6S. The first-order valence-electron chi connectivity index (χ1n) is 12.2. The fourth-order valence-electron chi connectivity index (χ4n) is 4.28. The van der Waals surface area contributed by atoms with Crippen molar-refractivity contribution >= 4 is 29.3 Å². The van der Waals surface area contributed by atoms with Crippen molar-refractivity contribution < 1.29 is 48.3 Å². The summed E-state index contributed by atoms with van der Waals surface area (Å²) in [7, 11) is 0. The van der Waals surface area contributed by atoms with E-state index in [2.05, 4.69) is 12.6 Å². The number of nitriles is 6. The molecule has 49 heavy (non-hydrogen) atoms. The molecule has 3 aromatic rings. The van der Waals surface area contributed by atoms with E-state index in [1.807, 2.05) is 0 Å². The Labute approximate surface area is 272 Å². The van der Waals surface area contributed by atoms with Crippen molar-refractivity contribution in [3.05, 3.63) is 115 Å². The van der Waals surface area contributed by atoms with E-state index in [9.17, 15) is 50.9 Å². The van der Waals surface area contributed by atoms with Crippen LogP contribution in [0.5, 0.6) is 0 Å². The van der Waals surface area contributed by atoms with Gasteiger partial charge in [0.25, 0.3) is 0 Å². The molecule has 242 valence electrons. The van der Waals surface area contributed by atoms with Crippen LogP contribution in [0.25, 0.3) is 16.7 Å². The lowest BCUT2D eigenvalue weighted by Crippen LogP contribution is -2.09. The van der Waals surface area contributed by atoms with Gasteiger partial charge in [0.05, 0.1) is 38.8 Å². The maximum absolute atomic E-state index is 15.2. The third kappa shape index (κ3) is 5.79. The zero-order valence-electron chi connectivity index (χ0n) is 23.4. The molecule has 0 saturated carbocycles. The average molecular weight is 702 g/mol. The van der Waals surface area contributed by atoms with Crippen LogP contribution in [0.3, 0.4) is 0 Å². The lowest BCUT2D eigenvalue weighted by Gasteiger charge is -2.16. The number of rotatable bonds is 5. The van der Waals surface area contributed by atoms with E-state index in [-0.39, 0.29) is 6.08 Å². The van der Waals surface area contributed by atoms with Crippen molar-refractivity contribution in [2.45, 2.75) is 11.8 Å². The van der Waals surface area contributed by atoms with Crippen LogP contribution in [-0.2, 0) is 0 Å². The van der Waals surface area contributed by atoms with Crippen LogP contribution < -0.4 is 0 Å². The number of nitrogens with zero attached hydrogens (tertiary/aromatic N) is 6. The van der Waals surface area contributed by atoms with Gasteiger partial charge >= 0.3 is 0 Å². The Morgan fingerprint density at radius 1 is 0.469 bits per heavy atom. The van der Waals surface area contributed by atoms with Crippen molar-refractivity contribution in [2.24, 2.45) is 0 Å². The van der Waals surface area contributed by atoms with E-state index in [1.165, 1.54) is 6.07 Å². The zero-order valence-corrected chi connectivity index (χ0v) is 24.3. The normalized spacial score (nSPS) is 12.0. The van der Waals surface area contributed by atoms with E-state index in [1.54, 1.807) is 0 Å². The van der Waals surface area contributed by atoms with Gasteiger partial charge in [-0.15, -0.1) is 12.6 Å². The highest BCUT2D eigenvalue weighted by atomic mass is 32.1. The molecule has 0 amide bonds. The smallest absolute Gasteiger partial charge is 0.180 e. The second-order valence-corrected chi connectivity index (χ2v) is 9.52. The minimum Gasteiger partial charge on any atom is -0.204 e. The summed E-state index contributed by atoms with van der Waals surface area (Å²) in [4.78, 5) is -1.28. The van der Waals surface area contributed by atoms with Crippen molar-refractivity contribution in [2.75, 3.05) is 0 Å². The van der Waals surface area contributed by atoms with Gasteiger partial charge in [-0.1, -0.05) is 0 Å². The molecular weight excluding hydrogens is 697 g/mol. The van der Waals surface area contributed by atoms with Crippen LogP contribution in [0.15, 0.2) is 22.1 Å². The molecule has 3 rings (SSSR count). The third-order valence-electron chi connectivity index (χ3n) is 6.61. The van der Waals surface area contributed by atoms with Crippen molar-refractivity contribution in [1.82, 2.24) is 0 Å². The van der Waals surface area contributed by atoms with Gasteiger partial charge in [-0.2, -0.15) is 31.6 Å². The molecule has 0 atom stereocenters. The maximum atomic E-state index is 15.2. The highest BCUT2D eigenvalue weighted by Gasteiger charge is 2.33. The molecule has 0 bridgehead atoms. The molecule has 18 heteroatoms. The van der Waals surface area contributed by atoms with E-state index >= 15 is 13.2 Å². The Morgan fingerprint density at radius 2 is 0.816 bits per heavy atom. The van der Waals surface area contributed by atoms with Gasteiger partial charge in [0.15, 0.2) is 64.0 Å². The lowest BCUT2D eigenvalue weighted by atomic mass is 9.87. The summed E-state index contributed by atoms with van der Waals surface area (Å²) in [5.74, 6) is -25.7. The Balaban J connectivity index is 2.78. The SMILES string of the molecule is CC(=C(C#N)c1c(F)c(F)c(C#N)c(F)c1S)C(/C=C(\C#N)c1c(F)c(F)c(C#N)c(F)c1F)=C(\C#N)c1c(F)c(F)c(C#N)c(F)c1F. The molecule has 0 fully saturated rings. The average Bonchev–Trinajstić information content (AvgIpc) is 3.08. The van der Waals surface area contributed by atoms with Crippen molar-refractivity contribution in [3.8, 4) is 36.4 Å². The van der Waals surface area contributed by atoms with Gasteiger partial charge in [0.1, 0.15) is 47.0 Å². The van der Waals surface area contributed by atoms with Crippen LogP contribution in [0.4, 0.5) is 48.3 Å². The highest BCUT2D eigenvalue weighted by molar-refractivity contribution is 7.80. The summed E-state index contributed by atoms with van der Waals surface area (Å²) in [5.41, 5.74) is -18.0. The number of thiol groups is 1. The predicted molar refractivity (Wildman–Crippen MR) is 145 cm³/mol. The maximum Gasteiger partial charge on any atom is 0.180 e. The molecule has 0 heterocycles. The van der Waals surface area contributed by atoms with E-state index in [4.69, 9.17) is 15.8 Å². The minimum absolute atomic E-state index is 0.0308. The van der Waals surface area contributed by atoms with Crippen molar-refractivity contribution in [1.29, 1.82) is 31.6 Å². The summed E-state index contributed by atoms with van der Waals surface area (Å²) >= 11 is 3.62. The van der Waals surface area contributed by atoms with Gasteiger partial charge < -0.3 is 0 Å². The number of halogens is 11. The monoisotopic (exact) mass is 702 g/mol. The molecule has 0 aliphatic heterocycles. The summed E-state index contributed by atoms with van der Waals surface area (Å²) in [6.45, 7) is 0.580. The number of benzene rings is 3. The third-order valence-corrected chi connectivity index (χ3v) is 7.03. The van der Waals surface area contributed by atoms with Gasteiger partial charge in [0.2, 0.25) is 0 Å². The number of allylic oxidation sites excluding steroid dienone is 6. The quantitative estimate of drug-likeness (QED) is 0.0939. The minimum atomic E-state index is -2.49. The molecule has 6 nitrogen and oxygen atoms in total. The van der Waals surface area contributed by atoms with Crippen LogP contribution in [-0.4, -0.2) is 0 Å². The van der Waals surface area contributed by atoms with Crippen LogP contribution in [0, 0.1) is 132 Å². The zero-order chi connectivity index (χ0) is 37.2. The van der Waals surface area contributed by atoms with Gasteiger partial charge in [0, 0.05) is 5.56 Å². The molecule has 0 N–H and O–H groups in total. The summed E-state index contributed by atoms with van der Waals surface area (Å²) in [5, 5.41) is 56.3. The number of hydrogen-bond donors (Lipinski definition) is 1. The topological polar surface area (TPSA) is 143 Å². The molecule has 0 aromatic heterocycles. The van der Waals surface area contributed by atoms with E-state index in [0.717, 1.165) is 30.3 Å². The van der Waals surface area contributed by atoms with Gasteiger partial charge in [-0.05, 0) is 24.1 Å². The molecule has 0 unspecified atom stereocenters. The lowest BCUT2D eigenvalue weighted by molar-refractivity contribution is 0.446. The standard InChI is InChI=1S/C31H5F11N6S/c1-9(12(4-44)19-30(42)24(36)16(8-48)25(37)31(19)49)11(13(5-45)18-28(40)22(34)15(7-47)23(35)29(18)41)2-10(3-43)17-26(38)20(32)14(6-46)21(33)27(17)39/h2,49H,1H3/b10-2+,12-9?,13-11+. The van der Waals surface area contributed by atoms with Crippen LogP contribution in [0.2, 0.25) is 0 Å². The Bertz CT molecular complexity index is 2300. The Hall–Kier alpha value is -6.60. The summed E-state index contributed by atoms with van der Waals surface area (Å²) in [6.07, 6.45) is -0.0308. The molecule has 0 spiro atoms. The largest absolute Gasteiger partial charge is 0.204 e. The van der Waals surface area contributed by atoms with E-state index < -0.39 is 130 Å². The van der Waals surface area contributed by atoms with Crippen molar-refractivity contribution in [3.63, 3.8) is 0 Å². The van der Waals surface area contributed by atoms with Crippen LogP contribution >= 0.6 is 12.6 Å². The van der Waals surface area contributed by atoms with Crippen LogP contribution in [0.1, 0.15) is 40.3 Å². The second kappa shape index (κ2) is 14.0. The number of hydrogen-bond acceptors (Lipinski definition) is 7. The first-order chi connectivity index (χ1) is 23.0. The first kappa shape index (κ1) is 36.9. The van der Waals surface area contributed by atoms with Gasteiger partial charge in [-0.3, -0.25) is 0 Å². The Kier molecular flexibility index (Phi) is 10.6. The summed E-state index contributed by atoms with van der Waals surface area (Å²) < 4.78 is 163. The Morgan fingerprint density at radius 3 is 1.16 bits per heavy atom. The van der Waals surface area contributed by atoms with E-state index in [0.29, 0.717) is 6.92 Å². The molecule has 0 aliphatic carbocycles.